The molecule has 2 heterocycles. The van der Waals surface area contributed by atoms with Crippen LogP contribution in [0.1, 0.15) is 88.8 Å². The number of hydrogen-bond acceptors (Lipinski definition) is 12. The molecule has 2 saturated heterocycles. The number of esters is 1. The average Bonchev–Trinajstić information content (AvgIpc) is 3.53. The van der Waals surface area contributed by atoms with E-state index in [-0.39, 0.29) is 66.1 Å². The molecule has 2 unspecified atom stereocenters. The molecular weight excluding hydrogens is 753 g/mol. The summed E-state index contributed by atoms with van der Waals surface area (Å²) in [7, 11) is 1.66. The maximum Gasteiger partial charge on any atom is 0.482 e. The van der Waals surface area contributed by atoms with Crippen LogP contribution in [0, 0.1) is 27.4 Å². The van der Waals surface area contributed by atoms with Crippen LogP contribution in [0.5, 0.6) is 11.5 Å². The van der Waals surface area contributed by atoms with Gasteiger partial charge in [-0.3, -0.25) is 29.4 Å². The maximum atomic E-state index is 14.7. The number of amides is 5. The van der Waals surface area contributed by atoms with Gasteiger partial charge in [0, 0.05) is 25.7 Å². The molecule has 7 rings (SSSR count). The second-order valence-corrected chi connectivity index (χ2v) is 17.1. The zero-order valence-corrected chi connectivity index (χ0v) is 34.4. The molecule has 0 aromatic heterocycles. The Morgan fingerprint density at radius 3 is 2.38 bits per heavy atom. The molecule has 5 amide bonds. The Labute approximate surface area is 337 Å². The van der Waals surface area contributed by atoms with Gasteiger partial charge in [-0.2, -0.15) is 0 Å². The summed E-state index contributed by atoms with van der Waals surface area (Å²) >= 11 is 0. The molecule has 2 aromatic carbocycles. The number of hydrogen-bond donors (Lipinski definition) is 2. The lowest BCUT2D eigenvalue weighted by Crippen LogP contribution is -2.65. The van der Waals surface area contributed by atoms with Crippen molar-refractivity contribution in [3.8, 4) is 11.5 Å². The highest BCUT2D eigenvalue weighted by atomic mass is 16.7. The summed E-state index contributed by atoms with van der Waals surface area (Å²) in [5.41, 5.74) is -1.29. The number of nitrogens with zero attached hydrogens (tertiary/aromatic N) is 3. The van der Waals surface area contributed by atoms with Crippen molar-refractivity contribution in [3.05, 3.63) is 63.2 Å². The lowest BCUT2D eigenvalue weighted by atomic mass is 9.43. The third kappa shape index (κ3) is 7.83. The molecule has 0 spiro atoms. The van der Waals surface area contributed by atoms with Crippen LogP contribution in [0.15, 0.2) is 36.4 Å². The van der Waals surface area contributed by atoms with E-state index in [2.05, 4.69) is 24.5 Å². The number of urea groups is 1. The van der Waals surface area contributed by atoms with Crippen molar-refractivity contribution in [1.82, 2.24) is 20.4 Å². The molecule has 2 bridgehead atoms. The van der Waals surface area contributed by atoms with E-state index in [1.807, 2.05) is 6.92 Å². The SMILES string of the molecule is CCN1CCN(C(=O)NC(C(=O)NC(Cc2cccc(C(=O)OC(C)(C)C)c2OC)B2O[C@@H]3C[C@@H]4C[C@@H](C4(C)C)[C@]3(C)O2)c2ccc(OC)c([N+](=O)[O-])c2)C(=O)C1=O. The van der Waals surface area contributed by atoms with E-state index in [9.17, 15) is 34.1 Å². The van der Waals surface area contributed by atoms with Crippen LogP contribution >= 0.6 is 0 Å². The molecule has 58 heavy (non-hydrogen) atoms. The molecule has 3 saturated carbocycles. The van der Waals surface area contributed by atoms with Gasteiger partial charge in [-0.05, 0) is 94.4 Å². The number of benzene rings is 2. The first-order chi connectivity index (χ1) is 27.2. The molecule has 5 aliphatic rings. The molecule has 2 aromatic rings. The number of nitro benzene ring substituents is 1. The number of methoxy groups -OCH3 is 2. The lowest BCUT2D eigenvalue weighted by molar-refractivity contribution is -0.385. The topological polar surface area (TPSA) is 205 Å². The van der Waals surface area contributed by atoms with E-state index in [0.29, 0.717) is 16.4 Å². The number of ether oxygens (including phenoxy) is 3. The first-order valence-corrected chi connectivity index (χ1v) is 19.5. The minimum absolute atomic E-state index is 0.00585. The molecule has 18 heteroatoms. The van der Waals surface area contributed by atoms with Crippen LogP contribution in [0.4, 0.5) is 10.5 Å². The standard InChI is InChI=1S/C40H52BN5O12/c1-10-44-16-17-45(35(49)34(44)48)37(51)43-31(22-14-15-27(54-8)26(18-22)46(52)53)33(47)42-30(41-57-29-21-24-20-28(39(24,5)6)40(29,7)58-41)19-23-12-11-13-25(32(23)55-9)36(50)56-38(2,3)4/h11-15,18,24,28-31H,10,16-17,19-21H2,1-9H3,(H,42,47)(H,43,51)/t24-,28-,29+,30?,31?,40-/m0/s1. The van der Waals surface area contributed by atoms with Crippen LogP contribution < -0.4 is 20.1 Å². The van der Waals surface area contributed by atoms with Crippen LogP contribution in [0.25, 0.3) is 0 Å². The van der Waals surface area contributed by atoms with Crippen molar-refractivity contribution >= 4 is 42.5 Å². The van der Waals surface area contributed by atoms with Gasteiger partial charge >= 0.3 is 36.6 Å². The summed E-state index contributed by atoms with van der Waals surface area (Å²) in [6.07, 6.45) is 1.44. The van der Waals surface area contributed by atoms with E-state index in [0.717, 1.165) is 18.9 Å². The highest BCUT2D eigenvalue weighted by molar-refractivity contribution is 6.48. The van der Waals surface area contributed by atoms with E-state index in [4.69, 9.17) is 23.5 Å². The number of carbonyl (C=O) groups is 5. The van der Waals surface area contributed by atoms with Crippen LogP contribution in [0.2, 0.25) is 0 Å². The van der Waals surface area contributed by atoms with Crippen molar-refractivity contribution in [2.75, 3.05) is 33.9 Å². The Hall–Kier alpha value is -5.23. The number of para-hydroxylation sites is 1. The zero-order chi connectivity index (χ0) is 42.5. The highest BCUT2D eigenvalue weighted by Crippen LogP contribution is 2.65. The smallest absolute Gasteiger partial charge is 0.482 e. The lowest BCUT2D eigenvalue weighted by Gasteiger charge is -2.64. The fraction of sp³-hybridized carbons (Fsp3) is 0.575. The van der Waals surface area contributed by atoms with Gasteiger partial charge in [0.15, 0.2) is 5.75 Å². The Morgan fingerprint density at radius 2 is 1.76 bits per heavy atom. The van der Waals surface area contributed by atoms with Gasteiger partial charge in [0.05, 0.1) is 36.8 Å². The molecule has 6 atom stereocenters. The summed E-state index contributed by atoms with van der Waals surface area (Å²) in [4.78, 5) is 81.0. The largest absolute Gasteiger partial charge is 0.496 e. The first-order valence-electron chi connectivity index (χ1n) is 19.5. The van der Waals surface area contributed by atoms with Crippen molar-refractivity contribution in [3.63, 3.8) is 0 Å². The van der Waals surface area contributed by atoms with Crippen molar-refractivity contribution < 1.29 is 52.4 Å². The molecule has 3 aliphatic carbocycles. The summed E-state index contributed by atoms with van der Waals surface area (Å²) in [6, 6.07) is 6.07. The van der Waals surface area contributed by atoms with Crippen molar-refractivity contribution in [1.29, 1.82) is 0 Å². The molecular formula is C40H52BN5O12. The van der Waals surface area contributed by atoms with Gasteiger partial charge in [0.2, 0.25) is 5.91 Å². The number of likely N-dealkylation sites (N-methyl/N-ethyl adjacent to an activating group) is 1. The molecule has 2 aliphatic heterocycles. The summed E-state index contributed by atoms with van der Waals surface area (Å²) in [6.45, 7) is 13.6. The molecule has 2 N–H and O–H groups in total. The van der Waals surface area contributed by atoms with Gasteiger partial charge in [-0.1, -0.05) is 32.0 Å². The van der Waals surface area contributed by atoms with Crippen LogP contribution in [-0.2, 0) is 34.9 Å². The summed E-state index contributed by atoms with van der Waals surface area (Å²) < 4.78 is 30.1. The van der Waals surface area contributed by atoms with Gasteiger partial charge in [0.25, 0.3) is 0 Å². The predicted molar refractivity (Wildman–Crippen MR) is 209 cm³/mol. The molecule has 17 nitrogen and oxygen atoms in total. The Kier molecular flexibility index (Phi) is 11.6. The molecule has 312 valence electrons. The molecule has 0 radical (unpaired) electrons. The number of carbonyl (C=O) groups excluding carboxylic acids is 5. The Bertz CT molecular complexity index is 2000. The zero-order valence-electron chi connectivity index (χ0n) is 34.4. The first kappa shape index (κ1) is 42.4. The van der Waals surface area contributed by atoms with Crippen molar-refractivity contribution in [2.45, 2.75) is 97.0 Å². The average molecular weight is 806 g/mol. The number of nitrogens with one attached hydrogen (secondary N) is 2. The maximum absolute atomic E-state index is 14.7. The van der Waals surface area contributed by atoms with E-state index in [1.54, 1.807) is 45.9 Å². The minimum atomic E-state index is -1.63. The fourth-order valence-electron chi connectivity index (χ4n) is 8.97. The second-order valence-electron chi connectivity index (χ2n) is 17.1. The predicted octanol–water partition coefficient (Wildman–Crippen LogP) is 4.00. The van der Waals surface area contributed by atoms with Crippen LogP contribution in [0.3, 0.4) is 0 Å². The van der Waals surface area contributed by atoms with Crippen molar-refractivity contribution in [2.24, 2.45) is 17.3 Å². The van der Waals surface area contributed by atoms with Crippen LogP contribution in [-0.4, -0.2) is 109 Å². The second kappa shape index (κ2) is 15.8. The third-order valence-corrected chi connectivity index (χ3v) is 12.2. The van der Waals surface area contributed by atoms with Gasteiger partial charge in [-0.15, -0.1) is 0 Å². The number of rotatable bonds is 12. The number of imide groups is 1. The number of piperazine rings is 1. The summed E-state index contributed by atoms with van der Waals surface area (Å²) in [5.74, 6) is -3.65. The fourth-order valence-corrected chi connectivity index (χ4v) is 8.97. The minimum Gasteiger partial charge on any atom is -0.496 e. The van der Waals surface area contributed by atoms with Gasteiger partial charge in [-0.25, -0.2) is 9.59 Å². The third-order valence-electron chi connectivity index (χ3n) is 12.2. The normalized spacial score (nSPS) is 24.6. The Morgan fingerprint density at radius 1 is 1.03 bits per heavy atom. The van der Waals surface area contributed by atoms with E-state index in [1.165, 1.54) is 31.3 Å². The summed E-state index contributed by atoms with van der Waals surface area (Å²) in [5, 5.41) is 17.6. The Balaban J connectivity index is 1.38. The monoisotopic (exact) mass is 805 g/mol. The molecule has 5 fully saturated rings. The highest BCUT2D eigenvalue weighted by Gasteiger charge is 2.68. The van der Waals surface area contributed by atoms with E-state index >= 15 is 0 Å². The number of nitro groups is 1. The quantitative estimate of drug-likeness (QED) is 0.103. The van der Waals surface area contributed by atoms with E-state index < -0.39 is 70.6 Å². The van der Waals surface area contributed by atoms with Gasteiger partial charge in [0.1, 0.15) is 23.0 Å². The van der Waals surface area contributed by atoms with Gasteiger partial charge < -0.3 is 39.1 Å².